The molecule has 0 unspecified atom stereocenters. The second kappa shape index (κ2) is 11.4. The maximum absolute atomic E-state index is 12.4. The Morgan fingerprint density at radius 2 is 1.98 bits per heavy atom. The van der Waals surface area contributed by atoms with Crippen LogP contribution in [0.4, 0.5) is 5.69 Å². The number of ether oxygens (including phenoxy) is 4. The number of nitrogens with zero attached hydrogens (tertiary/aromatic N) is 6. The Labute approximate surface area is 277 Å². The van der Waals surface area contributed by atoms with Crippen LogP contribution in [0.25, 0.3) is 11.0 Å². The average Bonchev–Trinajstić information content (AvgIpc) is 3.36. The first kappa shape index (κ1) is 30.0. The molecule has 4 aliphatic rings. The Morgan fingerprint density at radius 3 is 2.74 bits per heavy atom. The van der Waals surface area contributed by atoms with Crippen LogP contribution in [0, 0.1) is 16.7 Å². The normalized spacial score (nSPS) is 24.3. The van der Waals surface area contributed by atoms with E-state index in [1.54, 1.807) is 18.3 Å². The van der Waals surface area contributed by atoms with Crippen molar-refractivity contribution in [3.63, 3.8) is 0 Å². The average molecular weight is 655 g/mol. The van der Waals surface area contributed by atoms with Crippen LogP contribution in [0.3, 0.4) is 0 Å². The van der Waals surface area contributed by atoms with Gasteiger partial charge in [-0.05, 0) is 55.3 Å². The first-order valence-corrected chi connectivity index (χ1v) is 16.3. The van der Waals surface area contributed by atoms with Crippen LogP contribution in [-0.2, 0) is 28.4 Å². The Balaban J connectivity index is 1.08. The smallest absolute Gasteiger partial charge is 0.337 e. The number of carbonyl (C=O) groups excluding carboxylic acids is 1. The van der Waals surface area contributed by atoms with Gasteiger partial charge in [-0.25, -0.2) is 9.78 Å². The number of methoxy groups -OCH3 is 1. The zero-order valence-corrected chi connectivity index (χ0v) is 27.1. The summed E-state index contributed by atoms with van der Waals surface area (Å²) in [6.45, 7) is 5.91. The molecule has 1 aliphatic carbocycles. The number of imidazole rings is 1. The summed E-state index contributed by atoms with van der Waals surface area (Å²) in [4.78, 5) is 26.8. The number of benzene rings is 2. The molecule has 2 saturated heterocycles. The molecule has 3 aliphatic heterocycles. The zero-order valence-electron chi connectivity index (χ0n) is 26.3. The Morgan fingerprint density at radius 1 is 1.13 bits per heavy atom. The summed E-state index contributed by atoms with van der Waals surface area (Å²) >= 11 is 6.09. The van der Waals surface area contributed by atoms with Gasteiger partial charge < -0.3 is 28.4 Å². The third kappa shape index (κ3) is 5.25. The first-order chi connectivity index (χ1) is 22.8. The van der Waals surface area contributed by atoms with Gasteiger partial charge in [0.05, 0.1) is 72.3 Å². The van der Waals surface area contributed by atoms with Crippen molar-refractivity contribution in [3.8, 4) is 17.6 Å². The topological polar surface area (TPSA) is 115 Å². The van der Waals surface area contributed by atoms with Crippen LogP contribution >= 0.6 is 11.6 Å². The first-order valence-electron chi connectivity index (χ1n) is 16.0. The summed E-state index contributed by atoms with van der Waals surface area (Å²) in [5.41, 5.74) is 3.76. The number of anilines is 1. The van der Waals surface area contributed by atoms with Crippen LogP contribution in [0.2, 0.25) is 5.02 Å². The van der Waals surface area contributed by atoms with Crippen LogP contribution in [0.5, 0.6) is 11.5 Å². The highest BCUT2D eigenvalue weighted by molar-refractivity contribution is 6.30. The van der Waals surface area contributed by atoms with Crippen molar-refractivity contribution >= 4 is 34.3 Å². The number of hydrogen-bond donors (Lipinski definition) is 0. The van der Waals surface area contributed by atoms with E-state index in [-0.39, 0.29) is 23.5 Å². The highest BCUT2D eigenvalue weighted by atomic mass is 35.5. The fraction of sp³-hybridized carbons (Fsp3) is 0.429. The lowest BCUT2D eigenvalue weighted by atomic mass is 10.0. The van der Waals surface area contributed by atoms with Crippen LogP contribution < -0.4 is 14.4 Å². The molecular formula is C35H35ClN6O5. The van der Waals surface area contributed by atoms with Crippen LogP contribution in [-0.4, -0.2) is 70.9 Å². The van der Waals surface area contributed by atoms with Crippen molar-refractivity contribution in [2.24, 2.45) is 5.41 Å². The van der Waals surface area contributed by atoms with E-state index < -0.39 is 5.79 Å². The van der Waals surface area contributed by atoms with Gasteiger partial charge >= 0.3 is 5.97 Å². The predicted octanol–water partition coefficient (Wildman–Crippen LogP) is 5.30. The number of esters is 1. The Kier molecular flexibility index (Phi) is 7.28. The van der Waals surface area contributed by atoms with Gasteiger partial charge in [0.25, 0.3) is 5.79 Å². The van der Waals surface area contributed by atoms with Gasteiger partial charge in [-0.2, -0.15) is 5.26 Å². The summed E-state index contributed by atoms with van der Waals surface area (Å²) in [5.74, 6) is 0.836. The van der Waals surface area contributed by atoms with E-state index in [9.17, 15) is 10.1 Å². The van der Waals surface area contributed by atoms with Crippen molar-refractivity contribution in [2.45, 2.75) is 57.1 Å². The van der Waals surface area contributed by atoms with Gasteiger partial charge in [0.15, 0.2) is 11.5 Å². The Bertz CT molecular complexity index is 1900. The molecule has 3 fully saturated rings. The standard InChI is InChI=1S/C35H35ClN6O5/c1-34(30-9-7-23(36)17-38-30)46-29-5-3-4-25(32(29)47-34)41-15-14-40(27-19-45-20-28(27)41)18-31-39-24-8-6-22(33(43)44-2)16-26(24)42(31)21-35(10-11-35)12-13-37/h3-9,16-17,27-28H,10-12,14-15,18-21H2,1-2H3/t27-,28+,34-/m0/s1. The summed E-state index contributed by atoms with van der Waals surface area (Å²) in [6.07, 6.45) is 4.11. The number of rotatable bonds is 8. The molecule has 0 amide bonds. The molecule has 12 heteroatoms. The predicted molar refractivity (Wildman–Crippen MR) is 173 cm³/mol. The summed E-state index contributed by atoms with van der Waals surface area (Å²) < 4.78 is 26.2. The fourth-order valence-corrected chi connectivity index (χ4v) is 7.41. The maximum Gasteiger partial charge on any atom is 0.337 e. The van der Waals surface area contributed by atoms with E-state index in [4.69, 9.17) is 35.5 Å². The molecule has 2 aromatic carbocycles. The minimum absolute atomic E-state index is 0.0537. The molecule has 242 valence electrons. The quantitative estimate of drug-likeness (QED) is 0.232. The summed E-state index contributed by atoms with van der Waals surface area (Å²) in [7, 11) is 1.39. The summed E-state index contributed by atoms with van der Waals surface area (Å²) in [6, 6.07) is 17.7. The highest BCUT2D eigenvalue weighted by Gasteiger charge is 2.47. The van der Waals surface area contributed by atoms with E-state index in [2.05, 4.69) is 31.5 Å². The number of carbonyl (C=O) groups is 1. The zero-order chi connectivity index (χ0) is 32.3. The van der Waals surface area contributed by atoms with Gasteiger partial charge in [-0.15, -0.1) is 0 Å². The largest absolute Gasteiger partial charge is 0.465 e. The molecule has 47 heavy (non-hydrogen) atoms. The SMILES string of the molecule is COC(=O)c1ccc2nc(CN3CCN(c4cccc5c4O[C@@](C)(c4ccc(Cl)cn4)O5)[C@@H]4COC[C@@H]43)n(CC3(CC#N)CC3)c2c1. The monoisotopic (exact) mass is 654 g/mol. The number of piperazine rings is 1. The molecule has 0 radical (unpaired) electrons. The number of hydrogen-bond acceptors (Lipinski definition) is 10. The van der Waals surface area contributed by atoms with Crippen molar-refractivity contribution in [1.29, 1.82) is 5.26 Å². The van der Waals surface area contributed by atoms with E-state index in [1.807, 2.05) is 37.3 Å². The number of para-hydroxylation sites is 1. The van der Waals surface area contributed by atoms with Crippen LogP contribution in [0.1, 0.15) is 48.1 Å². The van der Waals surface area contributed by atoms with E-state index >= 15 is 0 Å². The van der Waals surface area contributed by atoms with Gasteiger partial charge in [0, 0.05) is 44.6 Å². The van der Waals surface area contributed by atoms with Gasteiger partial charge in [0.2, 0.25) is 0 Å². The lowest BCUT2D eigenvalue weighted by Gasteiger charge is -2.44. The molecule has 2 aromatic heterocycles. The maximum atomic E-state index is 12.4. The number of pyridine rings is 1. The number of nitriles is 1. The van der Waals surface area contributed by atoms with Crippen molar-refractivity contribution in [3.05, 3.63) is 76.8 Å². The molecule has 4 aromatic rings. The van der Waals surface area contributed by atoms with E-state index in [0.29, 0.717) is 60.5 Å². The lowest BCUT2D eigenvalue weighted by Crippen LogP contribution is -2.59. The van der Waals surface area contributed by atoms with Crippen molar-refractivity contribution < 1.29 is 23.7 Å². The molecular weight excluding hydrogens is 620 g/mol. The molecule has 0 N–H and O–H groups in total. The van der Waals surface area contributed by atoms with Crippen LogP contribution in [0.15, 0.2) is 54.7 Å². The molecule has 8 rings (SSSR count). The van der Waals surface area contributed by atoms with E-state index in [1.165, 1.54) is 7.11 Å². The second-order valence-corrected chi connectivity index (χ2v) is 13.5. The van der Waals surface area contributed by atoms with E-state index in [0.717, 1.165) is 48.5 Å². The number of halogens is 1. The second-order valence-electron chi connectivity index (χ2n) is 13.1. The third-order valence-corrected chi connectivity index (χ3v) is 10.3. The summed E-state index contributed by atoms with van der Waals surface area (Å²) in [5, 5.41) is 10.1. The molecule has 11 nitrogen and oxygen atoms in total. The van der Waals surface area contributed by atoms with Crippen molar-refractivity contribution in [1.82, 2.24) is 19.4 Å². The Hall–Kier alpha value is -4.37. The van der Waals surface area contributed by atoms with Gasteiger partial charge in [-0.3, -0.25) is 9.88 Å². The van der Waals surface area contributed by atoms with Gasteiger partial charge in [0.1, 0.15) is 11.5 Å². The van der Waals surface area contributed by atoms with Gasteiger partial charge in [-0.1, -0.05) is 17.7 Å². The molecule has 0 bridgehead atoms. The number of fused-ring (bicyclic) bond motifs is 3. The fourth-order valence-electron chi connectivity index (χ4n) is 7.30. The number of aromatic nitrogens is 3. The molecule has 5 heterocycles. The minimum atomic E-state index is -1.08. The molecule has 3 atom stereocenters. The lowest BCUT2D eigenvalue weighted by molar-refractivity contribution is -0.0716. The molecule has 1 saturated carbocycles. The highest BCUT2D eigenvalue weighted by Crippen LogP contribution is 2.51. The van der Waals surface area contributed by atoms with Crippen molar-refractivity contribution in [2.75, 3.05) is 38.3 Å². The third-order valence-electron chi connectivity index (χ3n) is 10.1. The molecule has 0 spiro atoms. The minimum Gasteiger partial charge on any atom is -0.465 e.